The molecule has 0 saturated heterocycles. The third-order valence-electron chi connectivity index (χ3n) is 3.48. The van der Waals surface area contributed by atoms with Crippen LogP contribution in [0.5, 0.6) is 0 Å². The molecule has 0 aromatic carbocycles. The summed E-state index contributed by atoms with van der Waals surface area (Å²) in [5, 5.41) is 3.33. The van der Waals surface area contributed by atoms with Crippen LogP contribution in [-0.4, -0.2) is 18.6 Å². The van der Waals surface area contributed by atoms with E-state index in [0.29, 0.717) is 0 Å². The minimum absolute atomic E-state index is 0.880. The van der Waals surface area contributed by atoms with Gasteiger partial charge in [0.1, 0.15) is 0 Å². The van der Waals surface area contributed by atoms with Crippen LogP contribution in [0.25, 0.3) is 0 Å². The second-order valence-corrected chi connectivity index (χ2v) is 5.51. The Balaban J connectivity index is 1.92. The van der Waals surface area contributed by atoms with Gasteiger partial charge in [-0.25, -0.2) is 0 Å². The molecule has 1 aliphatic carbocycles. The topological polar surface area (TPSA) is 24.9 Å². The average molecular weight is 224 g/mol. The molecule has 0 spiro atoms. The molecule has 2 rings (SSSR count). The van der Waals surface area contributed by atoms with Gasteiger partial charge in [0.2, 0.25) is 0 Å². The maximum atomic E-state index is 4.16. The average Bonchev–Trinajstić information content (AvgIpc) is 2.74. The van der Waals surface area contributed by atoms with Crippen LogP contribution in [0.3, 0.4) is 0 Å². The van der Waals surface area contributed by atoms with Crippen LogP contribution in [0.1, 0.15) is 30.6 Å². The molecule has 15 heavy (non-hydrogen) atoms. The summed E-state index contributed by atoms with van der Waals surface area (Å²) >= 11 is 1.81. The number of rotatable bonds is 4. The molecule has 0 aliphatic heterocycles. The molecule has 84 valence electrons. The van der Waals surface area contributed by atoms with Crippen molar-refractivity contribution in [2.24, 2.45) is 11.8 Å². The molecule has 2 unspecified atom stereocenters. The Morgan fingerprint density at radius 2 is 2.20 bits per heavy atom. The quantitative estimate of drug-likeness (QED) is 0.850. The molecule has 0 bridgehead atoms. The highest BCUT2D eigenvalue weighted by Crippen LogP contribution is 2.32. The van der Waals surface area contributed by atoms with E-state index in [1.165, 1.54) is 43.5 Å². The molecular weight excluding hydrogens is 204 g/mol. The molecule has 0 amide bonds. The molecule has 2 atom stereocenters. The fourth-order valence-electron chi connectivity index (χ4n) is 2.69. The molecule has 1 heterocycles. The summed E-state index contributed by atoms with van der Waals surface area (Å²) < 4.78 is 0. The smallest absolute Gasteiger partial charge is 0.0794 e. The van der Waals surface area contributed by atoms with Crippen molar-refractivity contribution in [3.63, 3.8) is 0 Å². The molecule has 2 nitrogen and oxygen atoms in total. The van der Waals surface area contributed by atoms with E-state index < -0.39 is 0 Å². The highest BCUT2D eigenvalue weighted by Gasteiger charge is 2.24. The Kier molecular flexibility index (Phi) is 4.15. The summed E-state index contributed by atoms with van der Waals surface area (Å²) in [5.74, 6) is 1.76. The lowest BCUT2D eigenvalue weighted by Gasteiger charge is -2.31. The molecule has 1 N–H and O–H groups in total. The summed E-state index contributed by atoms with van der Waals surface area (Å²) in [6.07, 6.45) is 8.94. The van der Waals surface area contributed by atoms with Gasteiger partial charge in [-0.1, -0.05) is 12.8 Å². The zero-order chi connectivity index (χ0) is 10.5. The third-order valence-corrected chi connectivity index (χ3v) is 4.28. The minimum atomic E-state index is 0.880. The lowest BCUT2D eigenvalue weighted by atomic mass is 9.77. The van der Waals surface area contributed by atoms with Crippen LogP contribution >= 0.6 is 11.3 Å². The summed E-state index contributed by atoms with van der Waals surface area (Å²) in [5.41, 5.74) is 1.95. The second-order valence-electron chi connectivity index (χ2n) is 4.53. The standard InChI is InChI=1S/C12H20N2S/c1-13-7-11-5-3-2-4-10(11)6-12-8-14-9-15-12/h8-11,13H,2-7H2,1H3. The molecular formula is C12H20N2S. The van der Waals surface area contributed by atoms with E-state index in [-0.39, 0.29) is 0 Å². The molecule has 0 radical (unpaired) electrons. The Labute approximate surface area is 96.1 Å². The number of hydrogen-bond acceptors (Lipinski definition) is 3. The third kappa shape index (κ3) is 3.02. The van der Waals surface area contributed by atoms with Crippen molar-refractivity contribution in [1.29, 1.82) is 0 Å². The fraction of sp³-hybridized carbons (Fsp3) is 0.750. The normalized spacial score (nSPS) is 26.7. The predicted molar refractivity (Wildman–Crippen MR) is 65.2 cm³/mol. The first-order valence-corrected chi connectivity index (χ1v) is 6.80. The lowest BCUT2D eigenvalue weighted by molar-refractivity contribution is 0.233. The number of hydrogen-bond donors (Lipinski definition) is 1. The van der Waals surface area contributed by atoms with Crippen molar-refractivity contribution in [3.05, 3.63) is 16.6 Å². The van der Waals surface area contributed by atoms with Crippen LogP contribution in [-0.2, 0) is 6.42 Å². The minimum Gasteiger partial charge on any atom is -0.319 e. The molecule has 1 aromatic rings. The van der Waals surface area contributed by atoms with Crippen LogP contribution in [0.2, 0.25) is 0 Å². The van der Waals surface area contributed by atoms with Gasteiger partial charge in [-0.05, 0) is 44.7 Å². The van der Waals surface area contributed by atoms with Crippen LogP contribution in [0.15, 0.2) is 11.7 Å². The Morgan fingerprint density at radius 3 is 2.87 bits per heavy atom. The van der Waals surface area contributed by atoms with E-state index >= 15 is 0 Å². The van der Waals surface area contributed by atoms with E-state index in [1.54, 1.807) is 11.3 Å². The zero-order valence-corrected chi connectivity index (χ0v) is 10.2. The molecule has 1 saturated carbocycles. The van der Waals surface area contributed by atoms with Crippen molar-refractivity contribution in [1.82, 2.24) is 10.3 Å². The van der Waals surface area contributed by atoms with E-state index in [4.69, 9.17) is 0 Å². The van der Waals surface area contributed by atoms with Gasteiger partial charge in [0.15, 0.2) is 0 Å². The van der Waals surface area contributed by atoms with Gasteiger partial charge in [-0.2, -0.15) is 0 Å². The van der Waals surface area contributed by atoms with Gasteiger partial charge in [0, 0.05) is 11.1 Å². The van der Waals surface area contributed by atoms with Crippen molar-refractivity contribution in [3.8, 4) is 0 Å². The first kappa shape index (κ1) is 11.1. The summed E-state index contributed by atoms with van der Waals surface area (Å²) in [4.78, 5) is 5.62. The second kappa shape index (κ2) is 5.61. The van der Waals surface area contributed by atoms with E-state index in [1.807, 2.05) is 11.7 Å². The first-order chi connectivity index (χ1) is 7.40. The fourth-order valence-corrected chi connectivity index (χ4v) is 3.37. The summed E-state index contributed by atoms with van der Waals surface area (Å²) in [6.45, 7) is 1.18. The monoisotopic (exact) mass is 224 g/mol. The van der Waals surface area contributed by atoms with Crippen LogP contribution in [0, 0.1) is 11.8 Å². The maximum Gasteiger partial charge on any atom is 0.0794 e. The number of nitrogens with one attached hydrogen (secondary N) is 1. The lowest BCUT2D eigenvalue weighted by Crippen LogP contribution is -2.29. The first-order valence-electron chi connectivity index (χ1n) is 5.92. The van der Waals surface area contributed by atoms with Crippen molar-refractivity contribution < 1.29 is 0 Å². The van der Waals surface area contributed by atoms with Crippen LogP contribution in [0.4, 0.5) is 0 Å². The van der Waals surface area contributed by atoms with Crippen molar-refractivity contribution in [2.45, 2.75) is 32.1 Å². The predicted octanol–water partition coefficient (Wildman–Crippen LogP) is 2.71. The molecule has 1 aromatic heterocycles. The van der Waals surface area contributed by atoms with E-state index in [2.05, 4.69) is 17.3 Å². The Bertz CT molecular complexity index is 269. The van der Waals surface area contributed by atoms with Gasteiger partial charge < -0.3 is 5.32 Å². The highest BCUT2D eigenvalue weighted by molar-refractivity contribution is 7.09. The summed E-state index contributed by atoms with van der Waals surface area (Å²) in [6, 6.07) is 0. The largest absolute Gasteiger partial charge is 0.319 e. The molecule has 1 fully saturated rings. The SMILES string of the molecule is CNCC1CCCCC1Cc1cncs1. The summed E-state index contributed by atoms with van der Waals surface area (Å²) in [7, 11) is 2.07. The van der Waals surface area contributed by atoms with Crippen molar-refractivity contribution in [2.75, 3.05) is 13.6 Å². The van der Waals surface area contributed by atoms with Gasteiger partial charge in [0.05, 0.1) is 5.51 Å². The van der Waals surface area contributed by atoms with E-state index in [0.717, 1.165) is 11.8 Å². The van der Waals surface area contributed by atoms with Gasteiger partial charge in [-0.3, -0.25) is 4.98 Å². The maximum absolute atomic E-state index is 4.16. The number of thiazole rings is 1. The van der Waals surface area contributed by atoms with Gasteiger partial charge in [-0.15, -0.1) is 11.3 Å². The Hall–Kier alpha value is -0.410. The van der Waals surface area contributed by atoms with Crippen LogP contribution < -0.4 is 5.32 Å². The Morgan fingerprint density at radius 1 is 1.40 bits per heavy atom. The van der Waals surface area contributed by atoms with E-state index in [9.17, 15) is 0 Å². The van der Waals surface area contributed by atoms with Crippen molar-refractivity contribution >= 4 is 11.3 Å². The molecule has 1 aliphatic rings. The molecule has 3 heteroatoms. The van der Waals surface area contributed by atoms with Gasteiger partial charge >= 0.3 is 0 Å². The number of nitrogens with zero attached hydrogens (tertiary/aromatic N) is 1. The number of aromatic nitrogens is 1. The zero-order valence-electron chi connectivity index (χ0n) is 9.41. The highest BCUT2D eigenvalue weighted by atomic mass is 32.1. The van der Waals surface area contributed by atoms with Gasteiger partial charge in [0.25, 0.3) is 0 Å².